The molecule has 0 radical (unpaired) electrons. The summed E-state index contributed by atoms with van der Waals surface area (Å²) in [6.45, 7) is 0. The quantitative estimate of drug-likeness (QED) is 0.798. The summed E-state index contributed by atoms with van der Waals surface area (Å²) >= 11 is 1.25. The summed E-state index contributed by atoms with van der Waals surface area (Å²) in [5.74, 6) is -1.12. The van der Waals surface area contributed by atoms with Crippen LogP contribution >= 0.6 is 11.3 Å². The molecule has 2 rings (SSSR count). The normalized spacial score (nSPS) is 11.6. The van der Waals surface area contributed by atoms with Gasteiger partial charge in [0.2, 0.25) is 0 Å². The summed E-state index contributed by atoms with van der Waals surface area (Å²) in [5, 5.41) is 16.1. The molecule has 98 valence electrons. The molecule has 0 saturated carbocycles. The van der Waals surface area contributed by atoms with Crippen molar-refractivity contribution in [3.05, 3.63) is 47.5 Å². The van der Waals surface area contributed by atoms with E-state index in [1.54, 1.807) is 41.9 Å². The Bertz CT molecular complexity index is 557. The van der Waals surface area contributed by atoms with Gasteiger partial charge in [0.05, 0.1) is 0 Å². The second-order valence-corrected chi connectivity index (χ2v) is 4.51. The van der Waals surface area contributed by atoms with Gasteiger partial charge in [0.25, 0.3) is 0 Å². The molecule has 3 N–H and O–H groups in total. The Morgan fingerprint density at radius 3 is 2.58 bits per heavy atom. The fourth-order valence-electron chi connectivity index (χ4n) is 1.48. The summed E-state index contributed by atoms with van der Waals surface area (Å²) in [7, 11) is 0. The number of carboxylic acids is 1. The molecule has 0 saturated heterocycles. The van der Waals surface area contributed by atoms with Gasteiger partial charge in [0, 0.05) is 11.6 Å². The zero-order valence-corrected chi connectivity index (χ0v) is 10.6. The Labute approximate surface area is 113 Å². The van der Waals surface area contributed by atoms with Crippen molar-refractivity contribution < 1.29 is 14.7 Å². The van der Waals surface area contributed by atoms with Gasteiger partial charge in [-0.1, -0.05) is 30.3 Å². The van der Waals surface area contributed by atoms with Crippen molar-refractivity contribution in [2.75, 3.05) is 5.32 Å². The lowest BCUT2D eigenvalue weighted by Crippen LogP contribution is -2.36. The summed E-state index contributed by atoms with van der Waals surface area (Å²) in [4.78, 5) is 26.7. The molecule has 0 aliphatic heterocycles. The maximum Gasteiger partial charge on any atom is 0.330 e. The van der Waals surface area contributed by atoms with Gasteiger partial charge in [-0.05, 0) is 5.56 Å². The molecule has 0 aliphatic carbocycles. The number of hydrogen-bond donors (Lipinski definition) is 3. The summed E-state index contributed by atoms with van der Waals surface area (Å²) in [6, 6.07) is 6.78. The average molecular weight is 277 g/mol. The van der Waals surface area contributed by atoms with Gasteiger partial charge in [-0.3, -0.25) is 5.32 Å². The van der Waals surface area contributed by atoms with E-state index >= 15 is 0 Å². The number of anilines is 1. The van der Waals surface area contributed by atoms with E-state index < -0.39 is 18.0 Å². The third kappa shape index (κ3) is 3.52. The molecule has 1 aromatic heterocycles. The summed E-state index contributed by atoms with van der Waals surface area (Å²) in [5.41, 5.74) is 0.504. The smallest absolute Gasteiger partial charge is 0.330 e. The predicted octanol–water partition coefficient (Wildman–Crippen LogP) is 2.09. The van der Waals surface area contributed by atoms with Gasteiger partial charge in [-0.25, -0.2) is 14.6 Å². The van der Waals surface area contributed by atoms with Crippen LogP contribution in [0.5, 0.6) is 0 Å². The highest BCUT2D eigenvalue weighted by atomic mass is 32.1. The van der Waals surface area contributed by atoms with Gasteiger partial charge in [0.15, 0.2) is 11.2 Å². The largest absolute Gasteiger partial charge is 0.479 e. The predicted molar refractivity (Wildman–Crippen MR) is 71.1 cm³/mol. The molecule has 1 unspecified atom stereocenters. The first-order valence-electron chi connectivity index (χ1n) is 5.41. The number of amides is 2. The molecule has 6 nitrogen and oxygen atoms in total. The van der Waals surface area contributed by atoms with E-state index in [0.717, 1.165) is 0 Å². The van der Waals surface area contributed by atoms with Crippen molar-refractivity contribution >= 4 is 28.5 Å². The summed E-state index contributed by atoms with van der Waals surface area (Å²) < 4.78 is 0. The number of rotatable bonds is 4. The molecule has 19 heavy (non-hydrogen) atoms. The number of thiazole rings is 1. The van der Waals surface area contributed by atoms with Crippen LogP contribution in [0.2, 0.25) is 0 Å². The van der Waals surface area contributed by atoms with Crippen molar-refractivity contribution in [1.29, 1.82) is 0 Å². The molecule has 2 aromatic rings. The second-order valence-electron chi connectivity index (χ2n) is 3.62. The van der Waals surface area contributed by atoms with Crippen LogP contribution in [0.1, 0.15) is 11.6 Å². The Kier molecular flexibility index (Phi) is 4.09. The lowest BCUT2D eigenvalue weighted by Gasteiger charge is -2.14. The Balaban J connectivity index is 2.05. The van der Waals surface area contributed by atoms with Crippen molar-refractivity contribution in [2.24, 2.45) is 0 Å². The highest BCUT2D eigenvalue weighted by Crippen LogP contribution is 2.14. The fourth-order valence-corrected chi connectivity index (χ4v) is 2.01. The van der Waals surface area contributed by atoms with E-state index in [9.17, 15) is 9.59 Å². The zero-order valence-electron chi connectivity index (χ0n) is 9.74. The molecule has 1 atom stereocenters. The number of nitrogens with zero attached hydrogens (tertiary/aromatic N) is 1. The van der Waals surface area contributed by atoms with Crippen molar-refractivity contribution in [3.8, 4) is 0 Å². The van der Waals surface area contributed by atoms with E-state index in [1.807, 2.05) is 0 Å². The van der Waals surface area contributed by atoms with Gasteiger partial charge in [-0.15, -0.1) is 11.3 Å². The van der Waals surface area contributed by atoms with Crippen LogP contribution in [-0.4, -0.2) is 22.1 Å². The molecule has 0 bridgehead atoms. The molecule has 0 fully saturated rings. The van der Waals surface area contributed by atoms with Gasteiger partial charge in [0.1, 0.15) is 0 Å². The first-order chi connectivity index (χ1) is 9.16. The van der Waals surface area contributed by atoms with E-state index in [-0.39, 0.29) is 0 Å². The minimum absolute atomic E-state index is 0.412. The third-order valence-electron chi connectivity index (χ3n) is 2.31. The summed E-state index contributed by atoms with van der Waals surface area (Å²) in [6.07, 6.45) is 1.55. The molecular formula is C12H11N3O3S. The van der Waals surface area contributed by atoms with Crippen molar-refractivity contribution in [2.45, 2.75) is 6.04 Å². The van der Waals surface area contributed by atoms with Crippen LogP contribution in [0.15, 0.2) is 41.9 Å². The topological polar surface area (TPSA) is 91.3 Å². The Hall–Kier alpha value is -2.41. The number of aliphatic carboxylic acids is 1. The van der Waals surface area contributed by atoms with Crippen LogP contribution in [0.3, 0.4) is 0 Å². The van der Waals surface area contributed by atoms with Crippen molar-refractivity contribution in [3.63, 3.8) is 0 Å². The minimum Gasteiger partial charge on any atom is -0.479 e. The van der Waals surface area contributed by atoms with E-state index in [0.29, 0.717) is 10.7 Å². The minimum atomic E-state index is -1.12. The van der Waals surface area contributed by atoms with Gasteiger partial charge >= 0.3 is 12.0 Å². The Morgan fingerprint density at radius 1 is 1.26 bits per heavy atom. The first kappa shape index (κ1) is 13.0. The number of carboxylic acid groups (broad SMARTS) is 1. The highest BCUT2D eigenvalue weighted by molar-refractivity contribution is 7.13. The molecular weight excluding hydrogens is 266 g/mol. The Morgan fingerprint density at radius 2 is 2.00 bits per heavy atom. The maximum atomic E-state index is 11.7. The van der Waals surface area contributed by atoms with E-state index in [1.165, 1.54) is 11.3 Å². The molecule has 7 heteroatoms. The molecule has 1 aromatic carbocycles. The van der Waals surface area contributed by atoms with E-state index in [2.05, 4.69) is 15.6 Å². The maximum absolute atomic E-state index is 11.7. The zero-order chi connectivity index (χ0) is 13.7. The number of carbonyl (C=O) groups excluding carboxylic acids is 1. The van der Waals surface area contributed by atoms with Crippen LogP contribution in [0, 0.1) is 0 Å². The lowest BCUT2D eigenvalue weighted by molar-refractivity contribution is -0.139. The number of hydrogen-bond acceptors (Lipinski definition) is 4. The van der Waals surface area contributed by atoms with Gasteiger partial charge < -0.3 is 10.4 Å². The molecule has 0 aliphatic rings. The third-order valence-corrected chi connectivity index (χ3v) is 3.00. The standard InChI is InChI=1S/C12H11N3O3S/c16-10(17)9(8-4-2-1-3-5-8)14-11(18)15-12-13-6-7-19-12/h1-7,9H,(H,16,17)(H2,13,14,15,18). The number of benzene rings is 1. The van der Waals surface area contributed by atoms with Crippen molar-refractivity contribution in [1.82, 2.24) is 10.3 Å². The monoisotopic (exact) mass is 277 g/mol. The number of nitrogens with one attached hydrogen (secondary N) is 2. The average Bonchev–Trinajstić information content (AvgIpc) is 2.89. The lowest BCUT2D eigenvalue weighted by atomic mass is 10.1. The second kappa shape index (κ2) is 5.96. The van der Waals surface area contributed by atoms with Crippen LogP contribution in [0.25, 0.3) is 0 Å². The molecule has 0 spiro atoms. The van der Waals surface area contributed by atoms with Crippen LogP contribution < -0.4 is 10.6 Å². The molecule has 1 heterocycles. The SMILES string of the molecule is O=C(Nc1nccs1)NC(C(=O)O)c1ccccc1. The van der Waals surface area contributed by atoms with E-state index in [4.69, 9.17) is 5.11 Å². The number of urea groups is 1. The number of aromatic nitrogens is 1. The fraction of sp³-hybridized carbons (Fsp3) is 0.0833. The molecule has 2 amide bonds. The van der Waals surface area contributed by atoms with Crippen LogP contribution in [-0.2, 0) is 4.79 Å². The first-order valence-corrected chi connectivity index (χ1v) is 6.29. The number of carbonyl (C=O) groups is 2. The highest BCUT2D eigenvalue weighted by Gasteiger charge is 2.21. The van der Waals surface area contributed by atoms with Gasteiger partial charge in [-0.2, -0.15) is 0 Å². The van der Waals surface area contributed by atoms with Crippen LogP contribution in [0.4, 0.5) is 9.93 Å².